The van der Waals surface area contributed by atoms with Gasteiger partial charge < -0.3 is 5.32 Å². The highest BCUT2D eigenvalue weighted by Gasteiger charge is 2.18. The Morgan fingerprint density at radius 1 is 1.53 bits per heavy atom. The molecule has 0 atom stereocenters. The fourth-order valence-corrected chi connectivity index (χ4v) is 4.70. The summed E-state index contributed by atoms with van der Waals surface area (Å²) in [6.45, 7) is 3.73. The molecule has 1 amide bonds. The number of carbonyl (C=O) groups excluding carboxylic acids is 1. The number of amides is 1. The number of hydrogen-bond donors (Lipinski definition) is 2. The van der Waals surface area contributed by atoms with Crippen molar-refractivity contribution in [3.05, 3.63) is 14.9 Å². The van der Waals surface area contributed by atoms with E-state index < -0.39 is 10.0 Å². The van der Waals surface area contributed by atoms with E-state index in [1.807, 2.05) is 13.8 Å². The van der Waals surface area contributed by atoms with Gasteiger partial charge in [0.15, 0.2) is 0 Å². The highest BCUT2D eigenvalue weighted by Crippen LogP contribution is 2.34. The summed E-state index contributed by atoms with van der Waals surface area (Å²) in [4.78, 5) is 11.4. The Morgan fingerprint density at radius 3 is 2.63 bits per heavy atom. The average Bonchev–Trinajstić information content (AvgIpc) is 2.58. The van der Waals surface area contributed by atoms with Crippen molar-refractivity contribution in [1.29, 1.82) is 0 Å². The standard InChI is InChI=1S/C10H14BrClN2O3S2/c1-6(2)14-8(15)3-4-13-19(16,17)9-5-7(12)10(11)18-9/h5-6,13H,3-4H2,1-2H3,(H,14,15). The zero-order valence-electron chi connectivity index (χ0n) is 10.4. The van der Waals surface area contributed by atoms with Gasteiger partial charge in [-0.1, -0.05) is 11.6 Å². The molecular formula is C10H14BrClN2O3S2. The molecule has 1 aromatic rings. The molecule has 0 unspecified atom stereocenters. The third-order valence-electron chi connectivity index (χ3n) is 1.98. The van der Waals surface area contributed by atoms with Crippen molar-refractivity contribution in [3.8, 4) is 0 Å². The van der Waals surface area contributed by atoms with Crippen LogP contribution in [0.2, 0.25) is 5.02 Å². The van der Waals surface area contributed by atoms with E-state index >= 15 is 0 Å². The van der Waals surface area contributed by atoms with Gasteiger partial charge in [0, 0.05) is 19.0 Å². The number of hydrogen-bond acceptors (Lipinski definition) is 4. The number of carbonyl (C=O) groups is 1. The van der Waals surface area contributed by atoms with Crippen molar-refractivity contribution in [2.45, 2.75) is 30.5 Å². The van der Waals surface area contributed by atoms with Crippen molar-refractivity contribution in [2.75, 3.05) is 6.54 Å². The van der Waals surface area contributed by atoms with Crippen LogP contribution >= 0.6 is 38.9 Å². The van der Waals surface area contributed by atoms with E-state index in [0.29, 0.717) is 8.81 Å². The number of halogens is 2. The Bertz CT molecular complexity index is 538. The molecule has 9 heteroatoms. The van der Waals surface area contributed by atoms with Gasteiger partial charge in [0.2, 0.25) is 15.9 Å². The maximum absolute atomic E-state index is 11.9. The molecule has 108 valence electrons. The SMILES string of the molecule is CC(C)NC(=O)CCNS(=O)(=O)c1cc(Cl)c(Br)s1. The van der Waals surface area contributed by atoms with E-state index in [9.17, 15) is 13.2 Å². The molecular weight excluding hydrogens is 376 g/mol. The molecule has 0 aromatic carbocycles. The first-order valence-corrected chi connectivity index (χ1v) is 8.93. The number of nitrogens with one attached hydrogen (secondary N) is 2. The normalized spacial score (nSPS) is 11.8. The number of sulfonamides is 1. The molecule has 0 saturated carbocycles. The first-order valence-electron chi connectivity index (χ1n) is 5.46. The lowest BCUT2D eigenvalue weighted by Gasteiger charge is -2.08. The molecule has 0 bridgehead atoms. The van der Waals surface area contributed by atoms with Crippen LogP contribution in [0.3, 0.4) is 0 Å². The van der Waals surface area contributed by atoms with E-state index in [1.54, 1.807) is 0 Å². The van der Waals surface area contributed by atoms with Crippen molar-refractivity contribution in [3.63, 3.8) is 0 Å². The van der Waals surface area contributed by atoms with Gasteiger partial charge in [0.1, 0.15) is 4.21 Å². The largest absolute Gasteiger partial charge is 0.354 e. The molecule has 19 heavy (non-hydrogen) atoms. The lowest BCUT2D eigenvalue weighted by molar-refractivity contribution is -0.121. The van der Waals surface area contributed by atoms with E-state index in [1.165, 1.54) is 6.07 Å². The summed E-state index contributed by atoms with van der Waals surface area (Å²) in [5, 5.41) is 3.03. The van der Waals surface area contributed by atoms with Gasteiger partial charge in [-0.15, -0.1) is 11.3 Å². The van der Waals surface area contributed by atoms with E-state index in [4.69, 9.17) is 11.6 Å². The highest BCUT2D eigenvalue weighted by molar-refractivity contribution is 9.11. The predicted octanol–water partition coefficient (Wildman–Crippen LogP) is 2.36. The fraction of sp³-hybridized carbons (Fsp3) is 0.500. The van der Waals surface area contributed by atoms with Crippen LogP contribution in [0.25, 0.3) is 0 Å². The van der Waals surface area contributed by atoms with Gasteiger partial charge in [0.05, 0.1) is 8.81 Å². The van der Waals surface area contributed by atoms with E-state index in [-0.39, 0.29) is 29.1 Å². The smallest absolute Gasteiger partial charge is 0.250 e. The van der Waals surface area contributed by atoms with Gasteiger partial charge in [-0.3, -0.25) is 4.79 Å². The second-order valence-corrected chi connectivity index (χ2v) is 8.83. The van der Waals surface area contributed by atoms with Crippen LogP contribution < -0.4 is 10.0 Å². The van der Waals surface area contributed by atoms with Crippen molar-refractivity contribution >= 4 is 54.8 Å². The molecule has 0 aliphatic rings. The monoisotopic (exact) mass is 388 g/mol. The quantitative estimate of drug-likeness (QED) is 0.784. The Kier molecular flexibility index (Phi) is 6.25. The molecule has 1 rings (SSSR count). The van der Waals surface area contributed by atoms with E-state index in [2.05, 4.69) is 26.0 Å². The average molecular weight is 390 g/mol. The minimum atomic E-state index is -3.61. The Hall–Kier alpha value is -0.150. The van der Waals surface area contributed by atoms with E-state index in [0.717, 1.165) is 11.3 Å². The van der Waals surface area contributed by atoms with Crippen LogP contribution in [-0.4, -0.2) is 26.9 Å². The molecule has 1 aromatic heterocycles. The minimum absolute atomic E-state index is 0.0381. The lowest BCUT2D eigenvalue weighted by Crippen LogP contribution is -2.33. The Balaban J connectivity index is 2.55. The summed E-state index contributed by atoms with van der Waals surface area (Å²) in [6, 6.07) is 1.41. The number of rotatable bonds is 6. The van der Waals surface area contributed by atoms with Gasteiger partial charge in [-0.05, 0) is 35.8 Å². The highest BCUT2D eigenvalue weighted by atomic mass is 79.9. The first-order chi connectivity index (χ1) is 8.72. The molecule has 0 fully saturated rings. The molecule has 1 heterocycles. The summed E-state index contributed by atoms with van der Waals surface area (Å²) in [6.07, 6.45) is 0.0949. The third kappa shape index (κ3) is 5.39. The molecule has 0 aliphatic carbocycles. The van der Waals surface area contributed by atoms with Crippen LogP contribution in [0.4, 0.5) is 0 Å². The summed E-state index contributed by atoms with van der Waals surface area (Å²) in [5.41, 5.74) is 0. The van der Waals surface area contributed by atoms with Crippen molar-refractivity contribution < 1.29 is 13.2 Å². The maximum Gasteiger partial charge on any atom is 0.250 e. The Morgan fingerprint density at radius 2 is 2.16 bits per heavy atom. The molecule has 5 nitrogen and oxygen atoms in total. The second kappa shape index (κ2) is 7.03. The van der Waals surface area contributed by atoms with Crippen LogP contribution in [-0.2, 0) is 14.8 Å². The summed E-state index contributed by atoms with van der Waals surface area (Å²) < 4.78 is 26.8. The Labute approximate surface area is 129 Å². The lowest BCUT2D eigenvalue weighted by atomic mass is 10.3. The summed E-state index contributed by atoms with van der Waals surface area (Å²) in [7, 11) is -3.61. The topological polar surface area (TPSA) is 75.3 Å². The molecule has 0 aliphatic heterocycles. The third-order valence-corrected chi connectivity index (χ3v) is 6.39. The van der Waals surface area contributed by atoms with Crippen molar-refractivity contribution in [1.82, 2.24) is 10.0 Å². The summed E-state index contributed by atoms with van der Waals surface area (Å²) in [5.74, 6) is -0.192. The van der Waals surface area contributed by atoms with Crippen LogP contribution in [0, 0.1) is 0 Å². The first kappa shape index (κ1) is 16.9. The van der Waals surface area contributed by atoms with Gasteiger partial charge in [-0.25, -0.2) is 13.1 Å². The molecule has 0 saturated heterocycles. The van der Waals surface area contributed by atoms with Crippen LogP contribution in [0.5, 0.6) is 0 Å². The van der Waals surface area contributed by atoms with Gasteiger partial charge in [-0.2, -0.15) is 0 Å². The van der Waals surface area contributed by atoms with Crippen LogP contribution in [0.1, 0.15) is 20.3 Å². The van der Waals surface area contributed by atoms with Crippen molar-refractivity contribution in [2.24, 2.45) is 0 Å². The predicted molar refractivity (Wildman–Crippen MR) is 80.1 cm³/mol. The molecule has 0 spiro atoms. The van der Waals surface area contributed by atoms with Crippen LogP contribution in [0.15, 0.2) is 14.1 Å². The van der Waals surface area contributed by atoms with Gasteiger partial charge >= 0.3 is 0 Å². The van der Waals surface area contributed by atoms with Gasteiger partial charge in [0.25, 0.3) is 0 Å². The summed E-state index contributed by atoms with van der Waals surface area (Å²) >= 11 is 9.97. The molecule has 0 radical (unpaired) electrons. The minimum Gasteiger partial charge on any atom is -0.354 e. The molecule has 2 N–H and O–H groups in total. The number of thiophene rings is 1. The maximum atomic E-state index is 11.9. The zero-order chi connectivity index (χ0) is 14.6. The second-order valence-electron chi connectivity index (χ2n) is 4.06. The zero-order valence-corrected chi connectivity index (χ0v) is 14.3. The fourth-order valence-electron chi connectivity index (χ4n) is 1.22.